The molecular weight excluding hydrogens is 399 g/mol. The van der Waals surface area contributed by atoms with E-state index in [0.717, 1.165) is 36.7 Å². The number of nitrogens with zero attached hydrogens (tertiary/aromatic N) is 2. The third kappa shape index (κ3) is 4.90. The zero-order valence-electron chi connectivity index (χ0n) is 16.1. The minimum atomic E-state index is 0.0496. The van der Waals surface area contributed by atoms with Crippen LogP contribution in [0.15, 0.2) is 36.4 Å². The molecule has 1 saturated heterocycles. The number of rotatable bonds is 6. The van der Waals surface area contributed by atoms with Gasteiger partial charge in [0.25, 0.3) is 0 Å². The molecule has 2 aromatic rings. The Hall–Kier alpha value is -1.95. The van der Waals surface area contributed by atoms with E-state index in [9.17, 15) is 4.79 Å². The fourth-order valence-electron chi connectivity index (χ4n) is 3.37. The highest BCUT2D eigenvalue weighted by molar-refractivity contribution is 6.36. The fourth-order valence-corrected chi connectivity index (χ4v) is 3.90. The molecule has 0 radical (unpaired) electrons. The third-order valence-electron chi connectivity index (χ3n) is 5.00. The minimum absolute atomic E-state index is 0.0496. The highest BCUT2D eigenvalue weighted by Gasteiger charge is 2.23. The van der Waals surface area contributed by atoms with E-state index < -0.39 is 0 Å². The Balaban J connectivity index is 1.58. The van der Waals surface area contributed by atoms with Crippen LogP contribution in [-0.2, 0) is 17.8 Å². The van der Waals surface area contributed by atoms with Gasteiger partial charge in [0, 0.05) is 48.3 Å². The van der Waals surface area contributed by atoms with Gasteiger partial charge in [-0.05, 0) is 35.9 Å². The molecule has 5 nitrogen and oxygen atoms in total. The van der Waals surface area contributed by atoms with Crippen LogP contribution in [-0.4, -0.2) is 56.1 Å². The molecule has 0 unspecified atom stereocenters. The van der Waals surface area contributed by atoms with Crippen LogP contribution in [0.25, 0.3) is 0 Å². The summed E-state index contributed by atoms with van der Waals surface area (Å²) in [6.45, 7) is 3.68. The van der Waals surface area contributed by atoms with Crippen LogP contribution in [0.5, 0.6) is 11.5 Å². The van der Waals surface area contributed by atoms with Gasteiger partial charge in [-0.25, -0.2) is 0 Å². The van der Waals surface area contributed by atoms with Crippen molar-refractivity contribution in [1.29, 1.82) is 0 Å². The highest BCUT2D eigenvalue weighted by Crippen LogP contribution is 2.27. The molecule has 0 aromatic heterocycles. The van der Waals surface area contributed by atoms with E-state index >= 15 is 0 Å². The first-order valence-corrected chi connectivity index (χ1v) is 9.91. The van der Waals surface area contributed by atoms with E-state index in [1.165, 1.54) is 0 Å². The van der Waals surface area contributed by atoms with E-state index in [0.29, 0.717) is 28.7 Å². The summed E-state index contributed by atoms with van der Waals surface area (Å²) >= 11 is 12.4. The van der Waals surface area contributed by atoms with Crippen molar-refractivity contribution in [2.45, 2.75) is 13.0 Å². The molecule has 1 aliphatic rings. The summed E-state index contributed by atoms with van der Waals surface area (Å²) in [4.78, 5) is 16.9. The second-order valence-corrected chi connectivity index (χ2v) is 7.53. The summed E-state index contributed by atoms with van der Waals surface area (Å²) < 4.78 is 10.8. The number of piperazine rings is 1. The number of carbonyl (C=O) groups excluding carboxylic acids is 1. The zero-order valence-corrected chi connectivity index (χ0v) is 17.6. The summed E-state index contributed by atoms with van der Waals surface area (Å²) in [5.74, 6) is 1.70. The molecule has 1 aliphatic heterocycles. The van der Waals surface area contributed by atoms with Crippen molar-refractivity contribution in [1.82, 2.24) is 9.80 Å². The van der Waals surface area contributed by atoms with Crippen molar-refractivity contribution < 1.29 is 14.3 Å². The van der Waals surface area contributed by atoms with E-state index in [4.69, 9.17) is 32.7 Å². The van der Waals surface area contributed by atoms with Crippen molar-refractivity contribution in [2.24, 2.45) is 0 Å². The van der Waals surface area contributed by atoms with Gasteiger partial charge in [-0.1, -0.05) is 29.3 Å². The molecule has 0 aliphatic carbocycles. The summed E-state index contributed by atoms with van der Waals surface area (Å²) in [6.07, 6.45) is 0.224. The molecule has 3 rings (SSSR count). The van der Waals surface area contributed by atoms with E-state index in [2.05, 4.69) is 4.90 Å². The van der Waals surface area contributed by atoms with Crippen LogP contribution in [0, 0.1) is 0 Å². The molecule has 1 fully saturated rings. The van der Waals surface area contributed by atoms with Crippen molar-refractivity contribution in [3.8, 4) is 11.5 Å². The Morgan fingerprint density at radius 2 is 1.68 bits per heavy atom. The third-order valence-corrected chi connectivity index (χ3v) is 5.70. The van der Waals surface area contributed by atoms with Crippen LogP contribution in [0.3, 0.4) is 0 Å². The number of ether oxygens (including phenoxy) is 2. The van der Waals surface area contributed by atoms with E-state index in [1.807, 2.05) is 23.1 Å². The SMILES string of the molecule is COc1ccc(OC)c(CN2CCN(C(=O)Cc3c(Cl)cccc3Cl)CC2)c1. The molecule has 0 spiro atoms. The fraction of sp³-hybridized carbons (Fsp3) is 0.381. The van der Waals surface area contributed by atoms with Gasteiger partial charge < -0.3 is 14.4 Å². The van der Waals surface area contributed by atoms with Gasteiger partial charge in [0.15, 0.2) is 0 Å². The van der Waals surface area contributed by atoms with Crippen molar-refractivity contribution >= 4 is 29.1 Å². The molecule has 28 heavy (non-hydrogen) atoms. The maximum absolute atomic E-state index is 12.7. The van der Waals surface area contributed by atoms with Gasteiger partial charge in [0.05, 0.1) is 20.6 Å². The van der Waals surface area contributed by atoms with Gasteiger partial charge in [0.2, 0.25) is 5.91 Å². The first-order chi connectivity index (χ1) is 13.5. The van der Waals surface area contributed by atoms with Crippen LogP contribution in [0.2, 0.25) is 10.0 Å². The van der Waals surface area contributed by atoms with Crippen LogP contribution in [0.4, 0.5) is 0 Å². The van der Waals surface area contributed by atoms with Gasteiger partial charge in [0.1, 0.15) is 11.5 Å². The molecule has 0 atom stereocenters. The lowest BCUT2D eigenvalue weighted by atomic mass is 10.1. The van der Waals surface area contributed by atoms with Gasteiger partial charge in [-0.15, -0.1) is 0 Å². The van der Waals surface area contributed by atoms with Gasteiger partial charge in [-0.2, -0.15) is 0 Å². The Labute approximate surface area is 175 Å². The Kier molecular flexibility index (Phi) is 7.05. The van der Waals surface area contributed by atoms with Crippen LogP contribution in [0.1, 0.15) is 11.1 Å². The lowest BCUT2D eigenvalue weighted by Crippen LogP contribution is -2.48. The highest BCUT2D eigenvalue weighted by atomic mass is 35.5. The predicted octanol–water partition coefficient (Wildman–Crippen LogP) is 3.90. The Morgan fingerprint density at radius 3 is 2.29 bits per heavy atom. The van der Waals surface area contributed by atoms with Crippen molar-refractivity contribution in [3.63, 3.8) is 0 Å². The van der Waals surface area contributed by atoms with Crippen molar-refractivity contribution in [2.75, 3.05) is 40.4 Å². The lowest BCUT2D eigenvalue weighted by Gasteiger charge is -2.35. The number of carbonyl (C=O) groups is 1. The molecular formula is C21H24Cl2N2O3. The number of benzene rings is 2. The molecule has 1 amide bonds. The summed E-state index contributed by atoms with van der Waals surface area (Å²) in [5.41, 5.74) is 1.77. The molecule has 2 aromatic carbocycles. The Bertz CT molecular complexity index is 816. The lowest BCUT2D eigenvalue weighted by molar-refractivity contribution is -0.132. The van der Waals surface area contributed by atoms with Gasteiger partial charge >= 0.3 is 0 Å². The summed E-state index contributed by atoms with van der Waals surface area (Å²) in [7, 11) is 3.32. The topological polar surface area (TPSA) is 42.0 Å². The molecule has 7 heteroatoms. The summed E-state index contributed by atoms with van der Waals surface area (Å²) in [5, 5.41) is 1.06. The monoisotopic (exact) mass is 422 g/mol. The molecule has 0 bridgehead atoms. The normalized spacial score (nSPS) is 14.8. The maximum atomic E-state index is 12.7. The first kappa shape index (κ1) is 20.8. The number of hydrogen-bond acceptors (Lipinski definition) is 4. The molecule has 0 saturated carbocycles. The standard InChI is InChI=1S/C21H24Cl2N2O3/c1-27-16-6-7-20(28-2)15(12-16)14-24-8-10-25(11-9-24)21(26)13-17-18(22)4-3-5-19(17)23/h3-7,12H,8-11,13-14H2,1-2H3. The van der Waals surface area contributed by atoms with E-state index in [1.54, 1.807) is 32.4 Å². The van der Waals surface area contributed by atoms with Crippen LogP contribution >= 0.6 is 23.2 Å². The number of hydrogen-bond donors (Lipinski definition) is 0. The average Bonchev–Trinajstić information content (AvgIpc) is 2.71. The second kappa shape index (κ2) is 9.50. The maximum Gasteiger partial charge on any atom is 0.227 e. The average molecular weight is 423 g/mol. The largest absolute Gasteiger partial charge is 0.497 e. The zero-order chi connectivity index (χ0) is 20.1. The Morgan fingerprint density at radius 1 is 1.00 bits per heavy atom. The van der Waals surface area contributed by atoms with E-state index in [-0.39, 0.29) is 12.3 Å². The first-order valence-electron chi connectivity index (χ1n) is 9.15. The number of methoxy groups -OCH3 is 2. The smallest absolute Gasteiger partial charge is 0.227 e. The molecule has 150 valence electrons. The number of amides is 1. The van der Waals surface area contributed by atoms with Gasteiger partial charge in [-0.3, -0.25) is 9.69 Å². The number of halogens is 2. The second-order valence-electron chi connectivity index (χ2n) is 6.71. The molecule has 0 N–H and O–H groups in total. The summed E-state index contributed by atoms with van der Waals surface area (Å²) in [6, 6.07) is 11.1. The van der Waals surface area contributed by atoms with Crippen molar-refractivity contribution in [3.05, 3.63) is 57.6 Å². The molecule has 1 heterocycles. The predicted molar refractivity (Wildman–Crippen MR) is 112 cm³/mol. The minimum Gasteiger partial charge on any atom is -0.497 e. The quantitative estimate of drug-likeness (QED) is 0.707. The van der Waals surface area contributed by atoms with Crippen LogP contribution < -0.4 is 9.47 Å².